The summed E-state index contributed by atoms with van der Waals surface area (Å²) in [6, 6.07) is 11.2. The topological polar surface area (TPSA) is 70.7 Å². The number of hydrogen-bond acceptors (Lipinski definition) is 5. The molecule has 23 heavy (non-hydrogen) atoms. The van der Waals surface area contributed by atoms with Crippen LogP contribution in [-0.2, 0) is 12.3 Å². The molecule has 2 aromatic heterocycles. The fourth-order valence-electron chi connectivity index (χ4n) is 2.06. The average Bonchev–Trinajstić information content (AvgIpc) is 2.59. The van der Waals surface area contributed by atoms with E-state index in [9.17, 15) is 4.79 Å². The molecule has 0 atom stereocenters. The standard InChI is InChI=1S/C16H14N4OS2/c21-15-12-3-1-2-4-13(12)19-14(20-15)10-23-16(22)18-9-11-5-7-17-8-6-11/h1-8H,9-10H2,(H,18,22)(H,19,20,21). The molecule has 5 nitrogen and oxygen atoms in total. The summed E-state index contributed by atoms with van der Waals surface area (Å²) in [4.78, 5) is 23.2. The van der Waals surface area contributed by atoms with Crippen molar-refractivity contribution in [3.05, 3.63) is 70.5 Å². The maximum atomic E-state index is 12.0. The van der Waals surface area contributed by atoms with Crippen LogP contribution in [0.4, 0.5) is 0 Å². The summed E-state index contributed by atoms with van der Waals surface area (Å²) in [6.45, 7) is 0.649. The molecule has 0 fully saturated rings. The van der Waals surface area contributed by atoms with E-state index in [4.69, 9.17) is 12.2 Å². The van der Waals surface area contributed by atoms with Gasteiger partial charge in [-0.25, -0.2) is 4.98 Å². The fraction of sp³-hybridized carbons (Fsp3) is 0.125. The number of thiocarbonyl (C=S) groups is 1. The number of aromatic nitrogens is 3. The Morgan fingerprint density at radius 2 is 2.00 bits per heavy atom. The minimum Gasteiger partial charge on any atom is -0.367 e. The Labute approximate surface area is 142 Å². The number of nitrogens with zero attached hydrogens (tertiary/aromatic N) is 2. The first-order valence-electron chi connectivity index (χ1n) is 7.00. The van der Waals surface area contributed by atoms with Crippen molar-refractivity contribution in [1.29, 1.82) is 0 Å². The molecule has 7 heteroatoms. The maximum Gasteiger partial charge on any atom is 0.258 e. The highest BCUT2D eigenvalue weighted by Crippen LogP contribution is 2.12. The van der Waals surface area contributed by atoms with Crippen LogP contribution in [0.15, 0.2) is 53.6 Å². The van der Waals surface area contributed by atoms with Crippen LogP contribution >= 0.6 is 24.0 Å². The second-order valence-corrected chi connectivity index (χ2v) is 6.47. The van der Waals surface area contributed by atoms with E-state index in [-0.39, 0.29) is 5.56 Å². The van der Waals surface area contributed by atoms with Gasteiger partial charge in [-0.05, 0) is 29.8 Å². The lowest BCUT2D eigenvalue weighted by Crippen LogP contribution is -2.18. The molecule has 116 valence electrons. The third-order valence-electron chi connectivity index (χ3n) is 3.19. The van der Waals surface area contributed by atoms with Crippen LogP contribution in [0.3, 0.4) is 0 Å². The van der Waals surface area contributed by atoms with Gasteiger partial charge in [0.15, 0.2) is 0 Å². The molecule has 0 aliphatic rings. The summed E-state index contributed by atoms with van der Waals surface area (Å²) >= 11 is 6.74. The molecule has 0 bridgehead atoms. The minimum absolute atomic E-state index is 0.123. The zero-order valence-corrected chi connectivity index (χ0v) is 13.8. The van der Waals surface area contributed by atoms with Crippen molar-refractivity contribution in [2.75, 3.05) is 0 Å². The number of benzene rings is 1. The Morgan fingerprint density at radius 1 is 1.22 bits per heavy atom. The summed E-state index contributed by atoms with van der Waals surface area (Å²) < 4.78 is 0.664. The number of thioether (sulfide) groups is 1. The molecule has 0 aliphatic heterocycles. The van der Waals surface area contributed by atoms with Crippen LogP contribution in [0.5, 0.6) is 0 Å². The van der Waals surface area contributed by atoms with Crippen molar-refractivity contribution in [3.8, 4) is 0 Å². The number of hydrogen-bond donors (Lipinski definition) is 2. The highest BCUT2D eigenvalue weighted by Gasteiger charge is 2.05. The molecule has 0 unspecified atom stereocenters. The van der Waals surface area contributed by atoms with Gasteiger partial charge in [0.25, 0.3) is 5.56 Å². The van der Waals surface area contributed by atoms with Gasteiger partial charge in [-0.3, -0.25) is 9.78 Å². The number of H-pyrrole nitrogens is 1. The SMILES string of the molecule is O=c1[nH]c(CSC(=S)NCc2ccncc2)nc2ccccc12. The van der Waals surface area contributed by atoms with Gasteiger partial charge in [0.2, 0.25) is 0 Å². The third kappa shape index (κ3) is 4.14. The van der Waals surface area contributed by atoms with E-state index < -0.39 is 0 Å². The lowest BCUT2D eigenvalue weighted by molar-refractivity contribution is 0.934. The number of para-hydroxylation sites is 1. The van der Waals surface area contributed by atoms with Gasteiger partial charge in [0, 0.05) is 18.9 Å². The third-order valence-corrected chi connectivity index (χ3v) is 4.51. The largest absolute Gasteiger partial charge is 0.367 e. The van der Waals surface area contributed by atoms with Crippen molar-refractivity contribution in [3.63, 3.8) is 0 Å². The number of aromatic amines is 1. The second-order valence-electron chi connectivity index (χ2n) is 4.81. The van der Waals surface area contributed by atoms with E-state index in [2.05, 4.69) is 20.3 Å². The second kappa shape index (κ2) is 7.34. The normalized spacial score (nSPS) is 10.6. The fourth-order valence-corrected chi connectivity index (χ4v) is 2.89. The van der Waals surface area contributed by atoms with E-state index in [0.717, 1.165) is 5.56 Å². The smallest absolute Gasteiger partial charge is 0.258 e. The maximum absolute atomic E-state index is 12.0. The van der Waals surface area contributed by atoms with Gasteiger partial charge < -0.3 is 10.3 Å². The van der Waals surface area contributed by atoms with E-state index in [1.807, 2.05) is 30.3 Å². The van der Waals surface area contributed by atoms with Crippen LogP contribution < -0.4 is 10.9 Å². The predicted molar refractivity (Wildman–Crippen MR) is 97.3 cm³/mol. The molecule has 3 rings (SSSR count). The van der Waals surface area contributed by atoms with Gasteiger partial charge in [0.05, 0.1) is 16.7 Å². The minimum atomic E-state index is -0.123. The van der Waals surface area contributed by atoms with Crippen molar-refractivity contribution in [2.24, 2.45) is 0 Å². The summed E-state index contributed by atoms with van der Waals surface area (Å²) in [5, 5.41) is 3.76. The van der Waals surface area contributed by atoms with Crippen molar-refractivity contribution >= 4 is 39.2 Å². The Bertz CT molecular complexity index is 880. The predicted octanol–water partition coefficient (Wildman–Crippen LogP) is 2.63. The van der Waals surface area contributed by atoms with Gasteiger partial charge in [-0.1, -0.05) is 36.1 Å². The Kier molecular flexibility index (Phi) is 4.99. The quantitative estimate of drug-likeness (QED) is 0.710. The number of rotatable bonds is 4. The summed E-state index contributed by atoms with van der Waals surface area (Å²) in [5.74, 6) is 1.13. The molecule has 0 saturated heterocycles. The summed E-state index contributed by atoms with van der Waals surface area (Å²) in [6.07, 6.45) is 3.49. The lowest BCUT2D eigenvalue weighted by Gasteiger charge is -2.07. The van der Waals surface area contributed by atoms with Gasteiger partial charge >= 0.3 is 0 Å². The Hall–Kier alpha value is -2.25. The Morgan fingerprint density at radius 3 is 2.83 bits per heavy atom. The van der Waals surface area contributed by atoms with E-state index in [0.29, 0.717) is 33.3 Å². The molecule has 0 spiro atoms. The van der Waals surface area contributed by atoms with Crippen LogP contribution in [0.25, 0.3) is 10.9 Å². The molecule has 1 aromatic carbocycles. The zero-order valence-electron chi connectivity index (χ0n) is 12.2. The number of fused-ring (bicyclic) bond motifs is 1. The molecule has 0 aliphatic carbocycles. The first kappa shape index (κ1) is 15.6. The van der Waals surface area contributed by atoms with Gasteiger partial charge in [-0.2, -0.15) is 0 Å². The average molecular weight is 342 g/mol. The van der Waals surface area contributed by atoms with Crippen LogP contribution in [0, 0.1) is 0 Å². The first-order chi connectivity index (χ1) is 11.2. The highest BCUT2D eigenvalue weighted by molar-refractivity contribution is 8.22. The van der Waals surface area contributed by atoms with Crippen LogP contribution in [-0.4, -0.2) is 19.3 Å². The highest BCUT2D eigenvalue weighted by atomic mass is 32.2. The van der Waals surface area contributed by atoms with E-state index in [1.165, 1.54) is 11.8 Å². The molecular formula is C16H14N4OS2. The Balaban J connectivity index is 1.60. The van der Waals surface area contributed by atoms with Gasteiger partial charge in [-0.15, -0.1) is 0 Å². The van der Waals surface area contributed by atoms with Crippen molar-refractivity contribution in [1.82, 2.24) is 20.3 Å². The van der Waals surface area contributed by atoms with Crippen LogP contribution in [0.2, 0.25) is 0 Å². The molecule has 2 N–H and O–H groups in total. The monoisotopic (exact) mass is 342 g/mol. The molecule has 0 radical (unpaired) electrons. The molecule has 0 amide bonds. The zero-order chi connectivity index (χ0) is 16.1. The lowest BCUT2D eigenvalue weighted by atomic mass is 10.2. The number of nitrogens with one attached hydrogen (secondary N) is 2. The van der Waals surface area contributed by atoms with Gasteiger partial charge in [0.1, 0.15) is 10.1 Å². The number of pyridine rings is 1. The summed E-state index contributed by atoms with van der Waals surface area (Å²) in [7, 11) is 0. The first-order valence-corrected chi connectivity index (χ1v) is 8.39. The molecule has 2 heterocycles. The summed E-state index contributed by atoms with van der Waals surface area (Å²) in [5.41, 5.74) is 1.68. The molecule has 3 aromatic rings. The van der Waals surface area contributed by atoms with E-state index >= 15 is 0 Å². The van der Waals surface area contributed by atoms with Crippen LogP contribution in [0.1, 0.15) is 11.4 Å². The molecule has 0 saturated carbocycles. The van der Waals surface area contributed by atoms with Crippen molar-refractivity contribution < 1.29 is 0 Å². The molecular weight excluding hydrogens is 328 g/mol. The van der Waals surface area contributed by atoms with E-state index in [1.54, 1.807) is 18.5 Å². The van der Waals surface area contributed by atoms with Crippen molar-refractivity contribution in [2.45, 2.75) is 12.3 Å².